The molecule has 0 saturated heterocycles. The Kier molecular flexibility index (Phi) is 6.07. The van der Waals surface area contributed by atoms with E-state index in [-0.39, 0.29) is 18.0 Å². The van der Waals surface area contributed by atoms with Gasteiger partial charge in [-0.25, -0.2) is 4.79 Å². The standard InChI is InChI=1S/C13H13BrF3NO3/c1-8(12(19)20-2)5-6-18-10-4-3-9(14)7-11(10)21-13(15,16)17/h3-5,7,18H,6H2,1-2H3/b8-5+. The fourth-order valence-electron chi connectivity index (χ4n) is 1.41. The van der Waals surface area contributed by atoms with Gasteiger partial charge in [-0.05, 0) is 25.1 Å². The van der Waals surface area contributed by atoms with E-state index in [2.05, 4.69) is 30.7 Å². The Morgan fingerprint density at radius 2 is 2.10 bits per heavy atom. The molecular weight excluding hydrogens is 355 g/mol. The molecule has 0 aliphatic rings. The SMILES string of the molecule is COC(=O)/C(C)=C/CNc1ccc(Br)cc1OC(F)(F)F. The number of benzene rings is 1. The van der Waals surface area contributed by atoms with Crippen molar-refractivity contribution in [2.75, 3.05) is 19.0 Å². The largest absolute Gasteiger partial charge is 0.573 e. The van der Waals surface area contributed by atoms with Gasteiger partial charge in [0.05, 0.1) is 12.8 Å². The van der Waals surface area contributed by atoms with E-state index in [0.29, 0.717) is 10.0 Å². The lowest BCUT2D eigenvalue weighted by Gasteiger charge is -2.14. The second kappa shape index (κ2) is 7.35. The fraction of sp³-hybridized carbons (Fsp3) is 0.308. The predicted octanol–water partition coefficient (Wildman–Crippen LogP) is 3.88. The monoisotopic (exact) mass is 367 g/mol. The van der Waals surface area contributed by atoms with Crippen LogP contribution in [0.15, 0.2) is 34.3 Å². The number of carbonyl (C=O) groups excluding carboxylic acids is 1. The van der Waals surface area contributed by atoms with Crippen molar-refractivity contribution in [3.63, 3.8) is 0 Å². The highest BCUT2D eigenvalue weighted by atomic mass is 79.9. The number of anilines is 1. The molecule has 0 bridgehead atoms. The quantitative estimate of drug-likeness (QED) is 0.633. The number of esters is 1. The van der Waals surface area contributed by atoms with E-state index in [1.807, 2.05) is 0 Å². The topological polar surface area (TPSA) is 47.6 Å². The first kappa shape index (κ1) is 17.4. The summed E-state index contributed by atoms with van der Waals surface area (Å²) in [5.41, 5.74) is 0.504. The van der Waals surface area contributed by atoms with E-state index in [9.17, 15) is 18.0 Å². The van der Waals surface area contributed by atoms with Crippen molar-refractivity contribution in [3.8, 4) is 5.75 Å². The van der Waals surface area contributed by atoms with Crippen LogP contribution in [-0.4, -0.2) is 26.0 Å². The molecule has 0 saturated carbocycles. The number of carbonyl (C=O) groups is 1. The maximum Gasteiger partial charge on any atom is 0.573 e. The van der Waals surface area contributed by atoms with Crippen LogP contribution in [-0.2, 0) is 9.53 Å². The fourth-order valence-corrected chi connectivity index (χ4v) is 1.75. The van der Waals surface area contributed by atoms with Crippen LogP contribution in [0, 0.1) is 0 Å². The lowest BCUT2D eigenvalue weighted by Crippen LogP contribution is -2.18. The van der Waals surface area contributed by atoms with Crippen LogP contribution in [0.2, 0.25) is 0 Å². The highest BCUT2D eigenvalue weighted by molar-refractivity contribution is 9.10. The molecule has 21 heavy (non-hydrogen) atoms. The van der Waals surface area contributed by atoms with Crippen LogP contribution in [0.5, 0.6) is 5.75 Å². The first-order valence-corrected chi connectivity index (χ1v) is 6.56. The van der Waals surface area contributed by atoms with E-state index in [4.69, 9.17) is 0 Å². The van der Waals surface area contributed by atoms with Crippen LogP contribution in [0.4, 0.5) is 18.9 Å². The number of hydrogen-bond acceptors (Lipinski definition) is 4. The van der Waals surface area contributed by atoms with Gasteiger partial charge in [-0.1, -0.05) is 22.0 Å². The molecule has 1 rings (SSSR count). The first-order chi connectivity index (χ1) is 9.73. The van der Waals surface area contributed by atoms with Crippen LogP contribution in [0.1, 0.15) is 6.92 Å². The van der Waals surface area contributed by atoms with E-state index in [1.54, 1.807) is 13.0 Å². The second-order valence-corrected chi connectivity index (χ2v) is 4.86. The summed E-state index contributed by atoms with van der Waals surface area (Å²) in [5.74, 6) is -0.861. The minimum Gasteiger partial charge on any atom is -0.466 e. The highest BCUT2D eigenvalue weighted by Crippen LogP contribution is 2.32. The number of methoxy groups -OCH3 is 1. The van der Waals surface area contributed by atoms with Crippen molar-refractivity contribution in [1.82, 2.24) is 0 Å². The molecule has 0 spiro atoms. The molecule has 0 fully saturated rings. The molecule has 1 aromatic rings. The highest BCUT2D eigenvalue weighted by Gasteiger charge is 2.32. The maximum absolute atomic E-state index is 12.3. The van der Waals surface area contributed by atoms with Crippen molar-refractivity contribution < 1.29 is 27.4 Å². The van der Waals surface area contributed by atoms with Crippen molar-refractivity contribution in [1.29, 1.82) is 0 Å². The van der Waals surface area contributed by atoms with Crippen LogP contribution < -0.4 is 10.1 Å². The van der Waals surface area contributed by atoms with E-state index >= 15 is 0 Å². The summed E-state index contributed by atoms with van der Waals surface area (Å²) in [4.78, 5) is 11.2. The number of ether oxygens (including phenoxy) is 2. The lowest BCUT2D eigenvalue weighted by atomic mass is 10.2. The molecule has 0 unspecified atom stereocenters. The Morgan fingerprint density at radius 1 is 1.43 bits per heavy atom. The minimum absolute atomic E-state index is 0.150. The van der Waals surface area contributed by atoms with Gasteiger partial charge in [0.1, 0.15) is 0 Å². The Bertz CT molecular complexity index is 544. The van der Waals surface area contributed by atoms with Gasteiger partial charge in [0, 0.05) is 16.6 Å². The van der Waals surface area contributed by atoms with E-state index in [1.165, 1.54) is 25.3 Å². The zero-order chi connectivity index (χ0) is 16.0. The van der Waals surface area contributed by atoms with Crippen molar-refractivity contribution in [3.05, 3.63) is 34.3 Å². The van der Waals surface area contributed by atoms with Gasteiger partial charge in [0.25, 0.3) is 0 Å². The average Bonchev–Trinajstić information content (AvgIpc) is 2.38. The Balaban J connectivity index is 2.81. The molecule has 116 valence electrons. The zero-order valence-electron chi connectivity index (χ0n) is 11.3. The summed E-state index contributed by atoms with van der Waals surface area (Å²) >= 11 is 3.08. The number of rotatable bonds is 5. The third-order valence-corrected chi connectivity index (χ3v) is 2.87. The maximum atomic E-state index is 12.3. The summed E-state index contributed by atoms with van der Waals surface area (Å²) in [6.07, 6.45) is -3.28. The molecule has 8 heteroatoms. The van der Waals surface area contributed by atoms with E-state index in [0.717, 1.165) is 0 Å². The van der Waals surface area contributed by atoms with Crippen LogP contribution in [0.3, 0.4) is 0 Å². The molecule has 0 amide bonds. The van der Waals surface area contributed by atoms with Gasteiger partial charge in [0.2, 0.25) is 0 Å². The Hall–Kier alpha value is -1.70. The van der Waals surface area contributed by atoms with E-state index < -0.39 is 12.3 Å². The molecule has 0 aromatic heterocycles. The summed E-state index contributed by atoms with van der Waals surface area (Å²) in [6, 6.07) is 4.21. The van der Waals surface area contributed by atoms with Crippen molar-refractivity contribution in [2.24, 2.45) is 0 Å². The second-order valence-electron chi connectivity index (χ2n) is 3.95. The molecule has 0 aliphatic heterocycles. The lowest BCUT2D eigenvalue weighted by molar-refractivity contribution is -0.274. The number of hydrogen-bond donors (Lipinski definition) is 1. The molecule has 0 heterocycles. The third kappa shape index (κ3) is 6.07. The van der Waals surface area contributed by atoms with Gasteiger partial charge < -0.3 is 14.8 Å². The van der Waals surface area contributed by atoms with Gasteiger partial charge in [0.15, 0.2) is 5.75 Å². The molecule has 0 radical (unpaired) electrons. The normalized spacial score (nSPS) is 12.0. The Morgan fingerprint density at radius 3 is 2.67 bits per heavy atom. The molecule has 1 aromatic carbocycles. The van der Waals surface area contributed by atoms with Crippen molar-refractivity contribution in [2.45, 2.75) is 13.3 Å². The Labute approximate surface area is 128 Å². The van der Waals surface area contributed by atoms with Gasteiger partial charge in [-0.15, -0.1) is 13.2 Å². The average molecular weight is 368 g/mol. The number of halogens is 4. The number of alkyl halides is 3. The molecule has 0 atom stereocenters. The smallest absolute Gasteiger partial charge is 0.466 e. The number of nitrogens with one attached hydrogen (secondary N) is 1. The van der Waals surface area contributed by atoms with Gasteiger partial charge in [-0.3, -0.25) is 0 Å². The van der Waals surface area contributed by atoms with Crippen LogP contribution >= 0.6 is 15.9 Å². The van der Waals surface area contributed by atoms with Gasteiger partial charge >= 0.3 is 12.3 Å². The molecule has 1 N–H and O–H groups in total. The summed E-state index contributed by atoms with van der Waals surface area (Å²) < 4.78 is 45.8. The summed E-state index contributed by atoms with van der Waals surface area (Å²) in [6.45, 7) is 1.69. The molecule has 0 aliphatic carbocycles. The molecular formula is C13H13BrF3NO3. The summed E-state index contributed by atoms with van der Waals surface area (Å²) in [7, 11) is 1.25. The van der Waals surface area contributed by atoms with Gasteiger partial charge in [-0.2, -0.15) is 0 Å². The van der Waals surface area contributed by atoms with Crippen molar-refractivity contribution >= 4 is 27.6 Å². The minimum atomic E-state index is -4.78. The summed E-state index contributed by atoms with van der Waals surface area (Å²) in [5, 5.41) is 2.74. The third-order valence-electron chi connectivity index (χ3n) is 2.38. The zero-order valence-corrected chi connectivity index (χ0v) is 12.8. The van der Waals surface area contributed by atoms with Crippen LogP contribution in [0.25, 0.3) is 0 Å². The molecule has 4 nitrogen and oxygen atoms in total. The first-order valence-electron chi connectivity index (χ1n) is 5.77. The predicted molar refractivity (Wildman–Crippen MR) is 75.1 cm³/mol.